The first-order chi connectivity index (χ1) is 17.1. The first-order valence-corrected chi connectivity index (χ1v) is 11.0. The maximum absolute atomic E-state index is 13.5. The van der Waals surface area contributed by atoms with E-state index in [9.17, 15) is 9.59 Å². The molecule has 3 heterocycles. The van der Waals surface area contributed by atoms with Crippen LogP contribution in [0, 0.1) is 0 Å². The highest BCUT2D eigenvalue weighted by Crippen LogP contribution is 2.24. The summed E-state index contributed by atoms with van der Waals surface area (Å²) < 4.78 is 6.47. The molecule has 2 N–H and O–H groups in total. The second kappa shape index (κ2) is 9.60. The summed E-state index contributed by atoms with van der Waals surface area (Å²) in [7, 11) is 1.56. The number of amides is 1. The molecule has 3 aromatic heterocycles. The van der Waals surface area contributed by atoms with Crippen LogP contribution in [0.15, 0.2) is 83.9 Å². The number of hydrogen-bond donors (Lipinski definition) is 2. The zero-order valence-electron chi connectivity index (χ0n) is 18.9. The lowest BCUT2D eigenvalue weighted by atomic mass is 10.1. The third-order valence-corrected chi connectivity index (χ3v) is 5.62. The number of carbonyl (C=O) groups excluding carboxylic acids is 1. The molecule has 0 spiro atoms. The third kappa shape index (κ3) is 4.51. The van der Waals surface area contributed by atoms with Gasteiger partial charge in [0.05, 0.1) is 18.4 Å². The molecule has 2 aromatic carbocycles. The van der Waals surface area contributed by atoms with E-state index in [1.807, 2.05) is 18.2 Å². The van der Waals surface area contributed by atoms with Crippen molar-refractivity contribution >= 4 is 16.9 Å². The Labute approximate surface area is 200 Å². The van der Waals surface area contributed by atoms with Crippen LogP contribution in [0.4, 0.5) is 0 Å². The Balaban J connectivity index is 1.61. The van der Waals surface area contributed by atoms with Crippen molar-refractivity contribution in [3.63, 3.8) is 0 Å². The van der Waals surface area contributed by atoms with Crippen molar-refractivity contribution in [3.8, 4) is 17.1 Å². The summed E-state index contributed by atoms with van der Waals surface area (Å²) in [6.07, 6.45) is 4.37. The molecule has 0 atom stereocenters. The topological polar surface area (TPSA) is 115 Å². The number of aromatic amines is 1. The van der Waals surface area contributed by atoms with Crippen molar-refractivity contribution in [2.75, 3.05) is 12.5 Å². The Morgan fingerprint density at radius 3 is 2.66 bits per heavy atom. The maximum Gasteiger partial charge on any atom is 0.301 e. The molecular weight excluding hydrogens is 444 g/mol. The molecular formula is C26H22N6O3. The molecule has 9 heteroatoms. The van der Waals surface area contributed by atoms with Gasteiger partial charge in [-0.1, -0.05) is 42.5 Å². The fourth-order valence-electron chi connectivity index (χ4n) is 3.81. The Bertz CT molecular complexity index is 1540. The van der Waals surface area contributed by atoms with Crippen LogP contribution in [-0.2, 0) is 12.8 Å². The number of hydrogen-bond acceptors (Lipinski definition) is 6. The molecule has 1 amide bonds. The normalized spacial score (nSPS) is 10.9. The Kier molecular flexibility index (Phi) is 6.04. The minimum absolute atomic E-state index is 0.145. The largest absolute Gasteiger partial charge is 0.497 e. The van der Waals surface area contributed by atoms with Crippen LogP contribution in [0.5, 0.6) is 5.75 Å². The number of aryl methyl sites for hydroxylation is 2. The Hall–Kier alpha value is -4.79. The van der Waals surface area contributed by atoms with Gasteiger partial charge in [0.1, 0.15) is 11.3 Å². The van der Waals surface area contributed by atoms with Gasteiger partial charge in [-0.3, -0.25) is 25.1 Å². The van der Waals surface area contributed by atoms with Gasteiger partial charge in [-0.15, -0.1) is 0 Å². The lowest BCUT2D eigenvalue weighted by Crippen LogP contribution is -2.35. The van der Waals surface area contributed by atoms with E-state index < -0.39 is 11.5 Å². The fourth-order valence-corrected chi connectivity index (χ4v) is 3.81. The van der Waals surface area contributed by atoms with Crippen molar-refractivity contribution in [2.45, 2.75) is 12.8 Å². The van der Waals surface area contributed by atoms with Crippen molar-refractivity contribution < 1.29 is 9.53 Å². The zero-order chi connectivity index (χ0) is 24.2. The highest BCUT2D eigenvalue weighted by atomic mass is 16.5. The maximum atomic E-state index is 13.5. The third-order valence-electron chi connectivity index (χ3n) is 5.62. The summed E-state index contributed by atoms with van der Waals surface area (Å²) in [6.45, 7) is 0. The molecule has 0 aliphatic rings. The molecule has 0 radical (unpaired) electrons. The second-order valence-corrected chi connectivity index (χ2v) is 7.88. The number of pyridine rings is 1. The van der Waals surface area contributed by atoms with Crippen molar-refractivity contribution in [1.82, 2.24) is 24.8 Å². The van der Waals surface area contributed by atoms with Crippen LogP contribution >= 0.6 is 0 Å². The zero-order valence-corrected chi connectivity index (χ0v) is 18.9. The van der Waals surface area contributed by atoms with E-state index in [1.54, 1.807) is 49.7 Å². The van der Waals surface area contributed by atoms with E-state index in [1.165, 1.54) is 11.8 Å². The number of ether oxygens (including phenoxy) is 1. The number of carbonyl (C=O) groups is 1. The van der Waals surface area contributed by atoms with E-state index in [2.05, 4.69) is 32.7 Å². The highest BCUT2D eigenvalue weighted by molar-refractivity contribution is 6.00. The predicted molar refractivity (Wildman–Crippen MR) is 132 cm³/mol. The molecule has 0 saturated heterocycles. The Morgan fingerprint density at radius 2 is 1.89 bits per heavy atom. The molecule has 0 aliphatic carbocycles. The van der Waals surface area contributed by atoms with Gasteiger partial charge in [-0.05, 0) is 42.7 Å². The van der Waals surface area contributed by atoms with Gasteiger partial charge < -0.3 is 4.74 Å². The minimum Gasteiger partial charge on any atom is -0.497 e. The summed E-state index contributed by atoms with van der Waals surface area (Å²) in [5, 5.41) is 7.20. The van der Waals surface area contributed by atoms with Gasteiger partial charge in [0.25, 0.3) is 5.91 Å². The number of nitrogens with zero attached hydrogens (tertiary/aromatic N) is 4. The summed E-state index contributed by atoms with van der Waals surface area (Å²) in [4.78, 5) is 35.2. The van der Waals surface area contributed by atoms with E-state index in [0.29, 0.717) is 28.8 Å². The van der Waals surface area contributed by atoms with E-state index in [-0.39, 0.29) is 11.3 Å². The number of methoxy groups -OCH3 is 1. The lowest BCUT2D eigenvalue weighted by Gasteiger charge is -2.14. The van der Waals surface area contributed by atoms with Crippen molar-refractivity contribution in [1.29, 1.82) is 0 Å². The molecule has 0 fully saturated rings. The quantitative estimate of drug-likeness (QED) is 0.380. The average molecular weight is 467 g/mol. The average Bonchev–Trinajstić information content (AvgIpc) is 3.33. The molecule has 5 rings (SSSR count). The van der Waals surface area contributed by atoms with Crippen LogP contribution in [0.2, 0.25) is 0 Å². The standard InChI is InChI=1S/C26H22N6O3/c1-35-20-11-5-9-18(15-20)24-28-22-21(13-12-17-7-3-2-4-8-17)29-30-23(22)26(34)32(24)31-25(33)19-10-6-14-27-16-19/h2-11,14-16H,12-13H2,1H3,(H,29,30)(H,31,33). The van der Waals surface area contributed by atoms with Crippen LogP contribution in [0.1, 0.15) is 21.6 Å². The molecule has 5 aromatic rings. The first-order valence-electron chi connectivity index (χ1n) is 11.0. The number of rotatable bonds is 7. The van der Waals surface area contributed by atoms with Gasteiger partial charge in [0, 0.05) is 18.0 Å². The lowest BCUT2D eigenvalue weighted by molar-refractivity contribution is 0.101. The van der Waals surface area contributed by atoms with Crippen molar-refractivity contribution in [3.05, 3.63) is 106 Å². The molecule has 35 heavy (non-hydrogen) atoms. The SMILES string of the molecule is COc1cccc(-c2nc3c(CCc4ccccc4)[nH]nc3c(=O)n2NC(=O)c2cccnc2)c1. The van der Waals surface area contributed by atoms with E-state index in [4.69, 9.17) is 9.72 Å². The van der Waals surface area contributed by atoms with Gasteiger partial charge >= 0.3 is 5.56 Å². The van der Waals surface area contributed by atoms with Crippen LogP contribution in [-0.4, -0.2) is 37.9 Å². The van der Waals surface area contributed by atoms with Crippen LogP contribution in [0.3, 0.4) is 0 Å². The molecule has 0 unspecified atom stereocenters. The smallest absolute Gasteiger partial charge is 0.301 e. The van der Waals surface area contributed by atoms with Gasteiger partial charge in [0.15, 0.2) is 11.3 Å². The summed E-state index contributed by atoms with van der Waals surface area (Å²) in [5.41, 5.74) is 5.60. The molecule has 9 nitrogen and oxygen atoms in total. The molecule has 0 bridgehead atoms. The molecule has 174 valence electrons. The minimum atomic E-state index is -0.495. The first kappa shape index (κ1) is 22.0. The Morgan fingerprint density at radius 1 is 1.03 bits per heavy atom. The van der Waals surface area contributed by atoms with Crippen LogP contribution < -0.4 is 15.7 Å². The molecule has 0 aliphatic heterocycles. The second-order valence-electron chi connectivity index (χ2n) is 7.88. The number of H-pyrrole nitrogens is 1. The van der Waals surface area contributed by atoms with E-state index >= 15 is 0 Å². The summed E-state index contributed by atoms with van der Waals surface area (Å²) in [5.74, 6) is 0.366. The number of fused-ring (bicyclic) bond motifs is 1. The number of aromatic nitrogens is 5. The summed E-state index contributed by atoms with van der Waals surface area (Å²) >= 11 is 0. The monoisotopic (exact) mass is 466 g/mol. The van der Waals surface area contributed by atoms with E-state index in [0.717, 1.165) is 16.8 Å². The molecule has 0 saturated carbocycles. The van der Waals surface area contributed by atoms with Gasteiger partial charge in [-0.2, -0.15) is 9.77 Å². The number of benzene rings is 2. The van der Waals surface area contributed by atoms with Crippen LogP contribution in [0.25, 0.3) is 22.4 Å². The van der Waals surface area contributed by atoms with Gasteiger partial charge in [-0.25, -0.2) is 4.98 Å². The predicted octanol–water partition coefficient (Wildman–Crippen LogP) is 3.36. The van der Waals surface area contributed by atoms with Crippen molar-refractivity contribution in [2.24, 2.45) is 0 Å². The van der Waals surface area contributed by atoms with Gasteiger partial charge in [0.2, 0.25) is 0 Å². The fraction of sp³-hybridized carbons (Fsp3) is 0.115. The number of nitrogens with one attached hydrogen (secondary N) is 2. The highest BCUT2D eigenvalue weighted by Gasteiger charge is 2.20. The summed E-state index contributed by atoms with van der Waals surface area (Å²) in [6, 6.07) is 20.5.